The summed E-state index contributed by atoms with van der Waals surface area (Å²) in [6, 6.07) is 11.6. The number of amides is 1. The predicted octanol–water partition coefficient (Wildman–Crippen LogP) is 3.36. The van der Waals surface area contributed by atoms with Gasteiger partial charge in [0.25, 0.3) is 5.91 Å². The molecule has 138 valence electrons. The normalized spacial score (nSPS) is 11.2. The number of carbonyl (C=O) groups excluding carboxylic acids is 1. The summed E-state index contributed by atoms with van der Waals surface area (Å²) in [5.41, 5.74) is 2.30. The van der Waals surface area contributed by atoms with Gasteiger partial charge in [0, 0.05) is 31.2 Å². The van der Waals surface area contributed by atoms with E-state index in [1.807, 2.05) is 65.8 Å². The SMILES string of the molecule is CCn1nc(C(=O)N(CCn2cccn2)c2nc3ccccc3s2)cc1C. The van der Waals surface area contributed by atoms with E-state index in [-0.39, 0.29) is 5.91 Å². The Morgan fingerprint density at radius 2 is 2.11 bits per heavy atom. The number of aryl methyl sites for hydroxylation is 2. The molecule has 0 aliphatic rings. The number of hydrogen-bond acceptors (Lipinski definition) is 5. The fourth-order valence-corrected chi connectivity index (χ4v) is 3.96. The summed E-state index contributed by atoms with van der Waals surface area (Å²) in [5, 5.41) is 9.36. The molecule has 1 amide bonds. The van der Waals surface area contributed by atoms with Gasteiger partial charge in [0.1, 0.15) is 0 Å². The average Bonchev–Trinajstić information content (AvgIpc) is 3.40. The highest BCUT2D eigenvalue weighted by Gasteiger charge is 2.24. The van der Waals surface area contributed by atoms with E-state index in [9.17, 15) is 4.79 Å². The summed E-state index contributed by atoms with van der Waals surface area (Å²) < 4.78 is 4.69. The second-order valence-electron chi connectivity index (χ2n) is 6.18. The van der Waals surface area contributed by atoms with Crippen molar-refractivity contribution in [2.75, 3.05) is 11.4 Å². The molecule has 0 saturated heterocycles. The number of carbonyl (C=O) groups is 1. The number of nitrogens with zero attached hydrogens (tertiary/aromatic N) is 6. The van der Waals surface area contributed by atoms with Crippen LogP contribution < -0.4 is 4.90 Å². The van der Waals surface area contributed by atoms with Crippen LogP contribution in [-0.2, 0) is 13.1 Å². The monoisotopic (exact) mass is 380 g/mol. The first kappa shape index (κ1) is 17.4. The summed E-state index contributed by atoms with van der Waals surface area (Å²) >= 11 is 1.51. The van der Waals surface area contributed by atoms with Crippen LogP contribution >= 0.6 is 11.3 Å². The van der Waals surface area contributed by atoms with Crippen molar-refractivity contribution in [2.45, 2.75) is 26.9 Å². The molecular weight excluding hydrogens is 360 g/mol. The van der Waals surface area contributed by atoms with Crippen LogP contribution in [0.5, 0.6) is 0 Å². The van der Waals surface area contributed by atoms with Gasteiger partial charge in [-0.15, -0.1) is 0 Å². The van der Waals surface area contributed by atoms with E-state index in [0.29, 0.717) is 23.9 Å². The van der Waals surface area contributed by atoms with Crippen molar-refractivity contribution in [1.82, 2.24) is 24.5 Å². The van der Waals surface area contributed by atoms with Gasteiger partial charge in [-0.05, 0) is 38.1 Å². The van der Waals surface area contributed by atoms with E-state index in [4.69, 9.17) is 0 Å². The van der Waals surface area contributed by atoms with E-state index >= 15 is 0 Å². The van der Waals surface area contributed by atoms with E-state index in [1.54, 1.807) is 11.1 Å². The van der Waals surface area contributed by atoms with Crippen molar-refractivity contribution >= 4 is 32.6 Å². The highest BCUT2D eigenvalue weighted by molar-refractivity contribution is 7.22. The van der Waals surface area contributed by atoms with Crippen LogP contribution in [0, 0.1) is 6.92 Å². The third kappa shape index (κ3) is 3.48. The number of hydrogen-bond donors (Lipinski definition) is 0. The van der Waals surface area contributed by atoms with Crippen molar-refractivity contribution in [3.8, 4) is 0 Å². The van der Waals surface area contributed by atoms with Crippen LogP contribution in [0.2, 0.25) is 0 Å². The molecule has 27 heavy (non-hydrogen) atoms. The highest BCUT2D eigenvalue weighted by Crippen LogP contribution is 2.29. The maximum atomic E-state index is 13.3. The van der Waals surface area contributed by atoms with Crippen molar-refractivity contribution in [3.05, 3.63) is 60.2 Å². The van der Waals surface area contributed by atoms with E-state index in [2.05, 4.69) is 15.2 Å². The maximum Gasteiger partial charge on any atom is 0.280 e. The minimum Gasteiger partial charge on any atom is -0.281 e. The summed E-state index contributed by atoms with van der Waals surface area (Å²) in [7, 11) is 0. The van der Waals surface area contributed by atoms with Gasteiger partial charge in [0.2, 0.25) is 0 Å². The third-order valence-electron chi connectivity index (χ3n) is 4.37. The van der Waals surface area contributed by atoms with E-state index in [0.717, 1.165) is 22.5 Å². The zero-order valence-corrected chi connectivity index (χ0v) is 16.1. The van der Waals surface area contributed by atoms with Gasteiger partial charge in [-0.2, -0.15) is 10.2 Å². The molecule has 0 unspecified atom stereocenters. The first-order valence-corrected chi connectivity index (χ1v) is 9.66. The first-order valence-electron chi connectivity index (χ1n) is 8.85. The van der Waals surface area contributed by atoms with Crippen molar-refractivity contribution in [2.24, 2.45) is 0 Å². The molecule has 3 heterocycles. The van der Waals surface area contributed by atoms with Crippen LogP contribution in [0.4, 0.5) is 5.13 Å². The number of benzene rings is 1. The Labute approximate surface area is 160 Å². The Balaban J connectivity index is 1.68. The van der Waals surface area contributed by atoms with Gasteiger partial charge < -0.3 is 0 Å². The summed E-state index contributed by atoms with van der Waals surface area (Å²) in [5.74, 6) is -0.142. The zero-order valence-electron chi connectivity index (χ0n) is 15.2. The topological polar surface area (TPSA) is 68.8 Å². The molecule has 0 saturated carbocycles. The number of para-hydroxylation sites is 1. The van der Waals surface area contributed by atoms with Crippen LogP contribution in [0.15, 0.2) is 48.8 Å². The van der Waals surface area contributed by atoms with Gasteiger partial charge in [-0.3, -0.25) is 19.1 Å². The molecule has 0 aliphatic heterocycles. The zero-order chi connectivity index (χ0) is 18.8. The second-order valence-corrected chi connectivity index (χ2v) is 7.19. The Kier molecular flexibility index (Phi) is 4.72. The van der Waals surface area contributed by atoms with Gasteiger partial charge in [0.05, 0.1) is 16.8 Å². The van der Waals surface area contributed by atoms with Gasteiger partial charge in [-0.25, -0.2) is 4.98 Å². The van der Waals surface area contributed by atoms with E-state index < -0.39 is 0 Å². The number of thiazole rings is 1. The Morgan fingerprint density at radius 1 is 1.26 bits per heavy atom. The Bertz CT molecular complexity index is 1030. The minimum atomic E-state index is -0.142. The number of fused-ring (bicyclic) bond motifs is 1. The summed E-state index contributed by atoms with van der Waals surface area (Å²) in [4.78, 5) is 19.6. The largest absolute Gasteiger partial charge is 0.281 e. The molecule has 1 aromatic carbocycles. The number of rotatable bonds is 6. The molecular formula is C19H20N6OS. The lowest BCUT2D eigenvalue weighted by Gasteiger charge is -2.18. The molecule has 0 aliphatic carbocycles. The second kappa shape index (κ2) is 7.32. The number of anilines is 1. The highest BCUT2D eigenvalue weighted by atomic mass is 32.1. The van der Waals surface area contributed by atoms with Crippen LogP contribution in [-0.4, -0.2) is 37.0 Å². The van der Waals surface area contributed by atoms with Crippen molar-refractivity contribution < 1.29 is 4.79 Å². The molecule has 4 rings (SSSR count). The van der Waals surface area contributed by atoms with Gasteiger partial charge in [-0.1, -0.05) is 23.5 Å². The number of aromatic nitrogens is 5. The van der Waals surface area contributed by atoms with Gasteiger partial charge in [0.15, 0.2) is 10.8 Å². The standard InChI is InChI=1S/C19H20N6OS/c1-3-25-14(2)13-16(22-25)18(26)24(12-11-23-10-6-9-20-23)19-21-15-7-4-5-8-17(15)27-19/h4-10,13H,3,11-12H2,1-2H3. The molecule has 0 N–H and O–H groups in total. The third-order valence-corrected chi connectivity index (χ3v) is 5.43. The lowest BCUT2D eigenvalue weighted by Crippen LogP contribution is -2.34. The molecule has 8 heteroatoms. The average molecular weight is 380 g/mol. The fourth-order valence-electron chi connectivity index (χ4n) is 2.97. The summed E-state index contributed by atoms with van der Waals surface area (Å²) in [6.45, 7) is 5.75. The molecule has 0 atom stereocenters. The Morgan fingerprint density at radius 3 is 2.81 bits per heavy atom. The van der Waals surface area contributed by atoms with Gasteiger partial charge >= 0.3 is 0 Å². The van der Waals surface area contributed by atoms with Crippen LogP contribution in [0.3, 0.4) is 0 Å². The Hall–Kier alpha value is -3.00. The predicted molar refractivity (Wildman–Crippen MR) is 106 cm³/mol. The smallest absolute Gasteiger partial charge is 0.280 e. The molecule has 3 aromatic heterocycles. The molecule has 0 fully saturated rings. The van der Waals surface area contributed by atoms with Crippen LogP contribution in [0.25, 0.3) is 10.2 Å². The maximum absolute atomic E-state index is 13.3. The molecule has 0 bridgehead atoms. The van der Waals surface area contributed by atoms with Crippen molar-refractivity contribution in [1.29, 1.82) is 0 Å². The van der Waals surface area contributed by atoms with Crippen molar-refractivity contribution in [3.63, 3.8) is 0 Å². The lowest BCUT2D eigenvalue weighted by atomic mass is 10.3. The summed E-state index contributed by atoms with van der Waals surface area (Å²) in [6.07, 6.45) is 3.62. The molecule has 0 radical (unpaired) electrons. The minimum absolute atomic E-state index is 0.142. The molecule has 7 nitrogen and oxygen atoms in total. The quantitative estimate of drug-likeness (QED) is 0.514. The lowest BCUT2D eigenvalue weighted by molar-refractivity contribution is 0.0980. The fraction of sp³-hybridized carbons (Fsp3) is 0.263. The first-order chi connectivity index (χ1) is 13.2. The van der Waals surface area contributed by atoms with E-state index in [1.165, 1.54) is 11.3 Å². The molecule has 4 aromatic rings. The van der Waals surface area contributed by atoms with Crippen LogP contribution in [0.1, 0.15) is 23.1 Å². The molecule has 0 spiro atoms.